The number of nitrogens with zero attached hydrogens (tertiary/aromatic N) is 6. The molecular weight excluding hydrogens is 286 g/mol. The van der Waals surface area contributed by atoms with Crippen LogP contribution >= 0.6 is 11.3 Å². The Morgan fingerprint density at radius 2 is 2.19 bits per heavy atom. The van der Waals surface area contributed by atoms with Crippen LogP contribution in [0.25, 0.3) is 0 Å². The number of aromatic nitrogens is 3. The molecule has 21 heavy (non-hydrogen) atoms. The summed E-state index contributed by atoms with van der Waals surface area (Å²) in [5.74, 6) is 0.609. The highest BCUT2D eigenvalue weighted by molar-refractivity contribution is 7.13. The molecule has 3 rings (SSSR count). The number of aliphatic imine (C=N–C) groups is 1. The van der Waals surface area contributed by atoms with Crippen LogP contribution in [-0.4, -0.2) is 51.8 Å². The lowest BCUT2D eigenvalue weighted by Crippen LogP contribution is -2.51. The number of hydrogen-bond acceptors (Lipinski definition) is 5. The highest BCUT2D eigenvalue weighted by Crippen LogP contribution is 2.18. The second-order valence-corrected chi connectivity index (χ2v) is 5.86. The van der Waals surface area contributed by atoms with E-state index in [0.29, 0.717) is 12.5 Å². The van der Waals surface area contributed by atoms with Gasteiger partial charge in [-0.05, 0) is 0 Å². The van der Waals surface area contributed by atoms with Gasteiger partial charge in [0.25, 0.3) is 0 Å². The molecule has 3 heterocycles. The van der Waals surface area contributed by atoms with Gasteiger partial charge in [0.05, 0.1) is 12.7 Å². The Morgan fingerprint density at radius 3 is 2.81 bits per heavy atom. The van der Waals surface area contributed by atoms with Crippen LogP contribution in [0.3, 0.4) is 0 Å². The van der Waals surface area contributed by atoms with Crippen molar-refractivity contribution in [2.45, 2.75) is 6.54 Å². The zero-order chi connectivity index (χ0) is 14.7. The van der Waals surface area contributed by atoms with Gasteiger partial charge >= 0.3 is 0 Å². The van der Waals surface area contributed by atoms with E-state index in [1.165, 1.54) is 0 Å². The molecule has 2 aromatic heterocycles. The average Bonchev–Trinajstić information content (AvgIpc) is 3.16. The van der Waals surface area contributed by atoms with Gasteiger partial charge < -0.3 is 15.5 Å². The van der Waals surface area contributed by atoms with E-state index in [0.717, 1.165) is 36.9 Å². The Balaban J connectivity index is 1.53. The molecule has 1 saturated heterocycles. The summed E-state index contributed by atoms with van der Waals surface area (Å²) in [5.41, 5.74) is 7.16. The van der Waals surface area contributed by atoms with Crippen LogP contribution in [0.2, 0.25) is 0 Å². The quantitative estimate of drug-likeness (QED) is 0.661. The van der Waals surface area contributed by atoms with Gasteiger partial charge in [0.15, 0.2) is 11.1 Å². The van der Waals surface area contributed by atoms with Crippen molar-refractivity contribution >= 4 is 22.4 Å². The van der Waals surface area contributed by atoms with Gasteiger partial charge in [-0.25, -0.2) is 9.98 Å². The summed E-state index contributed by atoms with van der Waals surface area (Å²) < 4.78 is 1.77. The van der Waals surface area contributed by atoms with E-state index < -0.39 is 0 Å². The summed E-state index contributed by atoms with van der Waals surface area (Å²) in [7, 11) is 1.90. The molecular formula is C13H19N7S. The van der Waals surface area contributed by atoms with Gasteiger partial charge in [-0.2, -0.15) is 5.10 Å². The summed E-state index contributed by atoms with van der Waals surface area (Å²) in [4.78, 5) is 13.2. The predicted molar refractivity (Wildman–Crippen MR) is 84.4 cm³/mol. The Bertz CT molecular complexity index is 596. The van der Waals surface area contributed by atoms with E-state index in [1.807, 2.05) is 31.0 Å². The van der Waals surface area contributed by atoms with Crippen molar-refractivity contribution in [1.82, 2.24) is 19.7 Å². The van der Waals surface area contributed by atoms with Gasteiger partial charge in [0.2, 0.25) is 0 Å². The molecule has 8 heteroatoms. The van der Waals surface area contributed by atoms with E-state index in [1.54, 1.807) is 16.0 Å². The van der Waals surface area contributed by atoms with Crippen molar-refractivity contribution in [3.05, 3.63) is 29.5 Å². The fourth-order valence-corrected chi connectivity index (χ4v) is 3.02. The van der Waals surface area contributed by atoms with E-state index in [9.17, 15) is 0 Å². The maximum Gasteiger partial charge on any atom is 0.191 e. The van der Waals surface area contributed by atoms with E-state index in [4.69, 9.17) is 5.73 Å². The maximum absolute atomic E-state index is 6.08. The third kappa shape index (κ3) is 3.33. The van der Waals surface area contributed by atoms with Crippen LogP contribution < -0.4 is 10.6 Å². The molecule has 1 fully saturated rings. The van der Waals surface area contributed by atoms with Crippen LogP contribution in [0.15, 0.2) is 29.0 Å². The molecule has 0 amide bonds. The van der Waals surface area contributed by atoms with Crippen LogP contribution in [-0.2, 0) is 13.6 Å². The molecule has 0 aromatic carbocycles. The minimum Gasteiger partial charge on any atom is -0.370 e. The molecule has 1 aliphatic heterocycles. The summed E-state index contributed by atoms with van der Waals surface area (Å²) >= 11 is 1.67. The zero-order valence-electron chi connectivity index (χ0n) is 12.0. The highest BCUT2D eigenvalue weighted by atomic mass is 32.1. The number of guanidine groups is 1. The summed E-state index contributed by atoms with van der Waals surface area (Å²) in [5, 5.41) is 7.22. The van der Waals surface area contributed by atoms with Crippen LogP contribution in [0.1, 0.15) is 5.56 Å². The number of thiazole rings is 1. The van der Waals surface area contributed by atoms with Crippen LogP contribution in [0, 0.1) is 0 Å². The van der Waals surface area contributed by atoms with Crippen molar-refractivity contribution in [2.75, 3.05) is 31.1 Å². The monoisotopic (exact) mass is 305 g/mol. The lowest BCUT2D eigenvalue weighted by Gasteiger charge is -2.35. The Morgan fingerprint density at radius 1 is 1.38 bits per heavy atom. The molecule has 0 bridgehead atoms. The first-order chi connectivity index (χ1) is 10.2. The molecule has 2 N–H and O–H groups in total. The second kappa shape index (κ2) is 6.13. The van der Waals surface area contributed by atoms with Gasteiger partial charge in [-0.15, -0.1) is 11.3 Å². The van der Waals surface area contributed by atoms with Crippen LogP contribution in [0.5, 0.6) is 0 Å². The lowest BCUT2D eigenvalue weighted by atomic mass is 10.3. The predicted octanol–water partition coefficient (Wildman–Crippen LogP) is 0.513. The molecule has 0 spiro atoms. The van der Waals surface area contributed by atoms with E-state index in [-0.39, 0.29) is 0 Å². The van der Waals surface area contributed by atoms with Crippen molar-refractivity contribution in [3.63, 3.8) is 0 Å². The van der Waals surface area contributed by atoms with Crippen molar-refractivity contribution < 1.29 is 0 Å². The summed E-state index contributed by atoms with van der Waals surface area (Å²) in [6.45, 7) is 4.18. The molecule has 1 aliphatic rings. The number of anilines is 1. The Kier molecular flexibility index (Phi) is 4.05. The first kappa shape index (κ1) is 13.9. The van der Waals surface area contributed by atoms with E-state index in [2.05, 4.69) is 24.9 Å². The van der Waals surface area contributed by atoms with Gasteiger partial charge in [-0.1, -0.05) is 0 Å². The maximum atomic E-state index is 6.08. The molecule has 7 nitrogen and oxygen atoms in total. The highest BCUT2D eigenvalue weighted by Gasteiger charge is 2.19. The number of nitrogens with two attached hydrogens (primary N) is 1. The third-order valence-corrected chi connectivity index (χ3v) is 4.31. The molecule has 0 aliphatic carbocycles. The Hall–Kier alpha value is -2.09. The zero-order valence-corrected chi connectivity index (χ0v) is 12.8. The van der Waals surface area contributed by atoms with Crippen molar-refractivity contribution in [2.24, 2.45) is 17.8 Å². The van der Waals surface area contributed by atoms with Gasteiger partial charge in [-0.3, -0.25) is 4.68 Å². The Labute approximate surface area is 127 Å². The first-order valence-corrected chi connectivity index (χ1v) is 7.77. The normalized spacial score (nSPS) is 16.5. The SMILES string of the molecule is Cn1cc(CN=C(N)N2CCN(c3nccs3)CC2)cn1. The molecule has 0 unspecified atom stereocenters. The first-order valence-electron chi connectivity index (χ1n) is 6.89. The molecule has 2 aromatic rings. The lowest BCUT2D eigenvalue weighted by molar-refractivity contribution is 0.380. The number of hydrogen-bond donors (Lipinski definition) is 1. The van der Waals surface area contributed by atoms with E-state index >= 15 is 0 Å². The minimum atomic E-state index is 0.576. The topological polar surface area (TPSA) is 75.6 Å². The summed E-state index contributed by atoms with van der Waals surface area (Å²) in [6, 6.07) is 0. The number of piperazine rings is 1. The largest absolute Gasteiger partial charge is 0.370 e. The fraction of sp³-hybridized carbons (Fsp3) is 0.462. The van der Waals surface area contributed by atoms with Crippen molar-refractivity contribution in [1.29, 1.82) is 0 Å². The molecule has 0 saturated carbocycles. The average molecular weight is 305 g/mol. The second-order valence-electron chi connectivity index (χ2n) is 4.99. The standard InChI is InChI=1S/C13H19N7S/c1-18-10-11(9-17-18)8-16-12(14)19-3-5-20(6-4-19)13-15-2-7-21-13/h2,7,9-10H,3-6,8H2,1H3,(H2,14,16). The fourth-order valence-electron chi connectivity index (χ4n) is 2.32. The van der Waals surface area contributed by atoms with Gasteiger partial charge in [0, 0.05) is 56.6 Å². The van der Waals surface area contributed by atoms with Crippen LogP contribution in [0.4, 0.5) is 5.13 Å². The van der Waals surface area contributed by atoms with Gasteiger partial charge in [0.1, 0.15) is 0 Å². The molecule has 0 radical (unpaired) electrons. The third-order valence-electron chi connectivity index (χ3n) is 3.48. The number of rotatable bonds is 3. The van der Waals surface area contributed by atoms with Crippen molar-refractivity contribution in [3.8, 4) is 0 Å². The molecule has 0 atom stereocenters. The minimum absolute atomic E-state index is 0.576. The number of aryl methyl sites for hydroxylation is 1. The summed E-state index contributed by atoms with van der Waals surface area (Å²) in [6.07, 6.45) is 5.62. The molecule has 112 valence electrons. The smallest absolute Gasteiger partial charge is 0.191 e.